The zero-order valence-corrected chi connectivity index (χ0v) is 17.8. The Labute approximate surface area is 166 Å². The smallest absolute Gasteiger partial charge is 0.230 e. The largest absolute Gasteiger partial charge is 0.353 e. The molecule has 0 aliphatic carbocycles. The number of amides is 1. The first-order valence-electron chi connectivity index (χ1n) is 9.51. The van der Waals surface area contributed by atoms with Crippen molar-refractivity contribution < 1.29 is 4.79 Å². The van der Waals surface area contributed by atoms with Crippen molar-refractivity contribution in [2.75, 3.05) is 19.8 Å². The Bertz CT molecular complexity index is 716. The lowest BCUT2D eigenvalue weighted by atomic mass is 10.2. The van der Waals surface area contributed by atoms with E-state index in [2.05, 4.69) is 65.1 Å². The molecule has 2 aromatic rings. The second-order valence-electron chi connectivity index (χ2n) is 6.97. The van der Waals surface area contributed by atoms with Crippen LogP contribution in [0.15, 0.2) is 35.5 Å². The fraction of sp³-hybridized carbons (Fsp3) is 0.550. The minimum absolute atomic E-state index is 0.0322. The first-order valence-corrected chi connectivity index (χ1v) is 10.5. The lowest BCUT2D eigenvalue weighted by Crippen LogP contribution is -2.33. The summed E-state index contributed by atoms with van der Waals surface area (Å²) in [6.07, 6.45) is 1.87. The van der Waals surface area contributed by atoms with Crippen molar-refractivity contribution in [3.63, 3.8) is 0 Å². The average molecular weight is 390 g/mol. The maximum Gasteiger partial charge on any atom is 0.230 e. The summed E-state index contributed by atoms with van der Waals surface area (Å²) >= 11 is 1.45. The quantitative estimate of drug-likeness (QED) is 0.632. The molecule has 1 aromatic heterocycles. The second kappa shape index (κ2) is 10.5. The molecule has 148 valence electrons. The minimum atomic E-state index is 0.0322. The van der Waals surface area contributed by atoms with Gasteiger partial charge in [-0.2, -0.15) is 0 Å². The third-order valence-corrected chi connectivity index (χ3v) is 5.56. The van der Waals surface area contributed by atoms with Crippen LogP contribution in [0, 0.1) is 0 Å². The van der Waals surface area contributed by atoms with Crippen LogP contribution < -0.4 is 5.32 Å². The molecule has 0 saturated carbocycles. The molecule has 2 rings (SSSR count). The van der Waals surface area contributed by atoms with Gasteiger partial charge in [-0.15, -0.1) is 10.2 Å². The van der Waals surface area contributed by atoms with Gasteiger partial charge < -0.3 is 9.88 Å². The molecule has 0 radical (unpaired) electrons. The maximum absolute atomic E-state index is 12.2. The Hall–Kier alpha value is -1.86. The van der Waals surface area contributed by atoms with Crippen LogP contribution in [-0.2, 0) is 11.3 Å². The van der Waals surface area contributed by atoms with Crippen molar-refractivity contribution >= 4 is 17.7 Å². The highest BCUT2D eigenvalue weighted by atomic mass is 32.2. The van der Waals surface area contributed by atoms with Gasteiger partial charge in [0.15, 0.2) is 11.0 Å². The standard InChI is InChI=1S/C20H31N5OS/c1-6-15(3)21-18(26)14-27-20-23-22-19(17(7-2)24(4)5)25(20)13-16-11-9-8-10-12-16/h8-12,15,17H,6-7,13-14H2,1-5H3,(H,21,26). The predicted molar refractivity (Wildman–Crippen MR) is 111 cm³/mol. The van der Waals surface area contributed by atoms with Crippen molar-refractivity contribution in [2.24, 2.45) is 0 Å². The van der Waals surface area contributed by atoms with Crippen LogP contribution in [0.1, 0.15) is 51.0 Å². The summed E-state index contributed by atoms with van der Waals surface area (Å²) in [5, 5.41) is 12.7. The van der Waals surface area contributed by atoms with Gasteiger partial charge in [0.25, 0.3) is 0 Å². The molecule has 0 fully saturated rings. The van der Waals surface area contributed by atoms with Crippen molar-refractivity contribution in [3.8, 4) is 0 Å². The van der Waals surface area contributed by atoms with Gasteiger partial charge in [0.1, 0.15) is 0 Å². The summed E-state index contributed by atoms with van der Waals surface area (Å²) in [5.74, 6) is 1.32. The van der Waals surface area contributed by atoms with E-state index in [1.807, 2.05) is 25.1 Å². The first-order chi connectivity index (χ1) is 13.0. The zero-order valence-electron chi connectivity index (χ0n) is 17.0. The molecular weight excluding hydrogens is 358 g/mol. The van der Waals surface area contributed by atoms with E-state index in [-0.39, 0.29) is 18.0 Å². The van der Waals surface area contributed by atoms with E-state index in [9.17, 15) is 4.79 Å². The summed E-state index contributed by atoms with van der Waals surface area (Å²) in [7, 11) is 4.12. The normalized spacial score (nSPS) is 13.6. The van der Waals surface area contributed by atoms with Crippen LogP contribution in [0.3, 0.4) is 0 Å². The van der Waals surface area contributed by atoms with Gasteiger partial charge in [-0.25, -0.2) is 0 Å². The molecule has 0 aliphatic rings. The molecular formula is C20H31N5OS. The SMILES string of the molecule is CCC(C)NC(=O)CSc1nnc(C(CC)N(C)C)n1Cc1ccccc1. The lowest BCUT2D eigenvalue weighted by molar-refractivity contribution is -0.119. The Balaban J connectivity index is 2.23. The molecule has 1 N–H and O–H groups in total. The molecule has 6 nitrogen and oxygen atoms in total. The third kappa shape index (κ3) is 6.07. The molecule has 0 saturated heterocycles. The van der Waals surface area contributed by atoms with E-state index >= 15 is 0 Å². The summed E-state index contributed by atoms with van der Waals surface area (Å²) in [4.78, 5) is 14.3. The van der Waals surface area contributed by atoms with Gasteiger partial charge in [0.05, 0.1) is 18.3 Å². The molecule has 27 heavy (non-hydrogen) atoms. The number of hydrogen-bond donors (Lipinski definition) is 1. The van der Waals surface area contributed by atoms with Gasteiger partial charge in [0.2, 0.25) is 5.91 Å². The number of nitrogens with zero attached hydrogens (tertiary/aromatic N) is 4. The van der Waals surface area contributed by atoms with Crippen LogP contribution in [0.4, 0.5) is 0 Å². The number of aromatic nitrogens is 3. The van der Waals surface area contributed by atoms with E-state index < -0.39 is 0 Å². The number of carbonyl (C=O) groups excluding carboxylic acids is 1. The van der Waals surface area contributed by atoms with Crippen LogP contribution in [0.5, 0.6) is 0 Å². The van der Waals surface area contributed by atoms with E-state index in [0.29, 0.717) is 12.3 Å². The molecule has 0 spiro atoms. The maximum atomic E-state index is 12.2. The molecule has 0 aliphatic heterocycles. The van der Waals surface area contributed by atoms with Crippen LogP contribution >= 0.6 is 11.8 Å². The Morgan fingerprint density at radius 1 is 1.19 bits per heavy atom. The summed E-state index contributed by atoms with van der Waals surface area (Å²) in [6, 6.07) is 10.7. The Morgan fingerprint density at radius 3 is 2.48 bits per heavy atom. The van der Waals surface area contributed by atoms with Crippen molar-refractivity contribution in [1.29, 1.82) is 0 Å². The second-order valence-corrected chi connectivity index (χ2v) is 7.91. The van der Waals surface area contributed by atoms with Gasteiger partial charge >= 0.3 is 0 Å². The zero-order chi connectivity index (χ0) is 19.8. The molecule has 0 bridgehead atoms. The lowest BCUT2D eigenvalue weighted by Gasteiger charge is -2.23. The van der Waals surface area contributed by atoms with Gasteiger partial charge in [0, 0.05) is 6.04 Å². The van der Waals surface area contributed by atoms with E-state index in [1.165, 1.54) is 17.3 Å². The Morgan fingerprint density at radius 2 is 1.89 bits per heavy atom. The van der Waals surface area contributed by atoms with E-state index in [0.717, 1.165) is 23.8 Å². The van der Waals surface area contributed by atoms with Crippen molar-refractivity contribution in [2.45, 2.75) is 57.4 Å². The van der Waals surface area contributed by atoms with Gasteiger partial charge in [-0.05, 0) is 39.4 Å². The number of nitrogens with one attached hydrogen (secondary N) is 1. The Kier molecular flexibility index (Phi) is 8.31. The first kappa shape index (κ1) is 21.4. The number of benzene rings is 1. The van der Waals surface area contributed by atoms with Gasteiger partial charge in [-0.3, -0.25) is 9.69 Å². The summed E-state index contributed by atoms with van der Waals surface area (Å²) in [5.41, 5.74) is 1.19. The highest BCUT2D eigenvalue weighted by Crippen LogP contribution is 2.26. The molecule has 1 heterocycles. The fourth-order valence-corrected chi connectivity index (χ4v) is 3.65. The molecule has 2 atom stereocenters. The van der Waals surface area contributed by atoms with Crippen LogP contribution in [-0.4, -0.2) is 51.5 Å². The third-order valence-electron chi connectivity index (χ3n) is 4.59. The molecule has 7 heteroatoms. The number of rotatable bonds is 10. The monoisotopic (exact) mass is 389 g/mol. The average Bonchev–Trinajstić information content (AvgIpc) is 3.03. The predicted octanol–water partition coefficient (Wildman–Crippen LogP) is 3.35. The van der Waals surface area contributed by atoms with Crippen molar-refractivity contribution in [1.82, 2.24) is 25.0 Å². The number of thioether (sulfide) groups is 1. The molecule has 1 amide bonds. The topological polar surface area (TPSA) is 63.1 Å². The highest BCUT2D eigenvalue weighted by molar-refractivity contribution is 7.99. The number of hydrogen-bond acceptors (Lipinski definition) is 5. The highest BCUT2D eigenvalue weighted by Gasteiger charge is 2.22. The van der Waals surface area contributed by atoms with Crippen molar-refractivity contribution in [3.05, 3.63) is 41.7 Å². The number of carbonyl (C=O) groups is 1. The van der Waals surface area contributed by atoms with Crippen LogP contribution in [0.25, 0.3) is 0 Å². The summed E-state index contributed by atoms with van der Waals surface area (Å²) < 4.78 is 2.14. The minimum Gasteiger partial charge on any atom is -0.353 e. The van der Waals surface area contributed by atoms with Crippen LogP contribution in [0.2, 0.25) is 0 Å². The molecule has 2 unspecified atom stereocenters. The van der Waals surface area contributed by atoms with E-state index in [1.54, 1.807) is 0 Å². The van der Waals surface area contributed by atoms with Gasteiger partial charge in [-0.1, -0.05) is 55.9 Å². The summed E-state index contributed by atoms with van der Waals surface area (Å²) in [6.45, 7) is 6.93. The van der Waals surface area contributed by atoms with E-state index in [4.69, 9.17) is 0 Å². The fourth-order valence-electron chi connectivity index (χ4n) is 2.90. The molecule has 1 aromatic carbocycles.